The molecule has 1 rings (SSSR count). The lowest BCUT2D eigenvalue weighted by Gasteiger charge is -2.10. The Balaban J connectivity index is 2.27. The zero-order valence-electron chi connectivity index (χ0n) is 13.2. The fourth-order valence-electron chi connectivity index (χ4n) is 1.96. The third-order valence-electron chi connectivity index (χ3n) is 3.18. The van der Waals surface area contributed by atoms with Gasteiger partial charge in [0.25, 0.3) is 0 Å². The number of hydrogen-bond acceptors (Lipinski definition) is 3. The SMILES string of the molecule is CC(C)NCCCCNc1ccc(C(=O)C(C)C)cc1. The van der Waals surface area contributed by atoms with E-state index in [0.717, 1.165) is 30.8 Å². The average molecular weight is 276 g/mol. The van der Waals surface area contributed by atoms with Crippen molar-refractivity contribution < 1.29 is 4.79 Å². The molecule has 1 aromatic carbocycles. The molecular formula is C17H28N2O. The Bertz CT molecular complexity index is 396. The second-order valence-corrected chi connectivity index (χ2v) is 5.84. The highest BCUT2D eigenvalue weighted by Gasteiger charge is 2.09. The summed E-state index contributed by atoms with van der Waals surface area (Å²) in [5.74, 6) is 0.263. The Morgan fingerprint density at radius 1 is 1.00 bits per heavy atom. The molecule has 0 bridgehead atoms. The van der Waals surface area contributed by atoms with Gasteiger partial charge in [-0.25, -0.2) is 0 Å². The van der Waals surface area contributed by atoms with Crippen LogP contribution in [0.1, 0.15) is 50.9 Å². The molecule has 0 amide bonds. The van der Waals surface area contributed by atoms with E-state index in [1.165, 1.54) is 6.42 Å². The standard InChI is InChI=1S/C17H28N2O/c1-13(2)17(20)15-7-9-16(10-8-15)19-12-6-5-11-18-14(3)4/h7-10,13-14,18-19H,5-6,11-12H2,1-4H3. The second-order valence-electron chi connectivity index (χ2n) is 5.84. The molecule has 0 aliphatic carbocycles. The number of Topliss-reactive ketones (excluding diaryl/α,β-unsaturated/α-hetero) is 1. The highest BCUT2D eigenvalue weighted by atomic mass is 16.1. The van der Waals surface area contributed by atoms with E-state index >= 15 is 0 Å². The van der Waals surface area contributed by atoms with Crippen molar-refractivity contribution in [3.05, 3.63) is 29.8 Å². The number of unbranched alkanes of at least 4 members (excludes halogenated alkanes) is 1. The van der Waals surface area contributed by atoms with E-state index in [0.29, 0.717) is 6.04 Å². The van der Waals surface area contributed by atoms with Crippen LogP contribution in [-0.4, -0.2) is 24.9 Å². The molecule has 0 aliphatic rings. The van der Waals surface area contributed by atoms with Crippen LogP contribution in [0.15, 0.2) is 24.3 Å². The van der Waals surface area contributed by atoms with Crippen LogP contribution in [0, 0.1) is 5.92 Å². The third-order valence-corrected chi connectivity index (χ3v) is 3.18. The topological polar surface area (TPSA) is 41.1 Å². The Kier molecular flexibility index (Phi) is 7.31. The number of carbonyl (C=O) groups is 1. The molecule has 0 unspecified atom stereocenters. The van der Waals surface area contributed by atoms with Gasteiger partial charge in [-0.3, -0.25) is 4.79 Å². The summed E-state index contributed by atoms with van der Waals surface area (Å²) in [5.41, 5.74) is 1.88. The van der Waals surface area contributed by atoms with E-state index in [1.54, 1.807) is 0 Å². The third kappa shape index (κ3) is 6.20. The smallest absolute Gasteiger partial charge is 0.165 e. The number of benzene rings is 1. The molecule has 0 saturated carbocycles. The minimum Gasteiger partial charge on any atom is -0.385 e. The molecule has 20 heavy (non-hydrogen) atoms. The molecule has 0 fully saturated rings. The molecule has 0 aliphatic heterocycles. The maximum atomic E-state index is 11.8. The van der Waals surface area contributed by atoms with Crippen LogP contribution >= 0.6 is 0 Å². The van der Waals surface area contributed by atoms with Crippen LogP contribution in [0.5, 0.6) is 0 Å². The van der Waals surface area contributed by atoms with Crippen molar-refractivity contribution in [3.63, 3.8) is 0 Å². The van der Waals surface area contributed by atoms with Crippen molar-refractivity contribution in [2.24, 2.45) is 5.92 Å². The zero-order chi connectivity index (χ0) is 15.0. The first-order valence-corrected chi connectivity index (χ1v) is 7.62. The van der Waals surface area contributed by atoms with Crippen molar-refractivity contribution in [3.8, 4) is 0 Å². The highest BCUT2D eigenvalue weighted by molar-refractivity contribution is 5.97. The summed E-state index contributed by atoms with van der Waals surface area (Å²) in [4.78, 5) is 11.8. The molecule has 1 aromatic rings. The Labute approximate surface area is 123 Å². The molecule has 0 aromatic heterocycles. The molecule has 0 atom stereocenters. The first kappa shape index (κ1) is 16.7. The lowest BCUT2D eigenvalue weighted by atomic mass is 10.0. The predicted octanol–water partition coefficient (Wildman–Crippen LogP) is 3.72. The minimum atomic E-state index is 0.0577. The van der Waals surface area contributed by atoms with Gasteiger partial charge >= 0.3 is 0 Å². The van der Waals surface area contributed by atoms with Crippen molar-refractivity contribution >= 4 is 11.5 Å². The second kappa shape index (κ2) is 8.75. The van der Waals surface area contributed by atoms with E-state index in [2.05, 4.69) is 24.5 Å². The lowest BCUT2D eigenvalue weighted by molar-refractivity contribution is 0.0939. The zero-order valence-corrected chi connectivity index (χ0v) is 13.2. The van der Waals surface area contributed by atoms with Crippen LogP contribution in [-0.2, 0) is 0 Å². The lowest BCUT2D eigenvalue weighted by Crippen LogP contribution is -2.24. The molecule has 112 valence electrons. The van der Waals surface area contributed by atoms with Crippen LogP contribution < -0.4 is 10.6 Å². The maximum absolute atomic E-state index is 11.8. The van der Waals surface area contributed by atoms with Crippen molar-refractivity contribution in [1.29, 1.82) is 0 Å². The van der Waals surface area contributed by atoms with Crippen LogP contribution in [0.3, 0.4) is 0 Å². The molecule has 0 radical (unpaired) electrons. The van der Waals surface area contributed by atoms with E-state index in [-0.39, 0.29) is 11.7 Å². The van der Waals surface area contributed by atoms with Crippen LogP contribution in [0.2, 0.25) is 0 Å². The van der Waals surface area contributed by atoms with Gasteiger partial charge < -0.3 is 10.6 Å². The van der Waals surface area contributed by atoms with Gasteiger partial charge in [-0.1, -0.05) is 27.7 Å². The molecule has 2 N–H and O–H groups in total. The minimum absolute atomic E-state index is 0.0577. The molecule has 3 heteroatoms. The van der Waals surface area contributed by atoms with Crippen LogP contribution in [0.4, 0.5) is 5.69 Å². The number of carbonyl (C=O) groups excluding carboxylic acids is 1. The Morgan fingerprint density at radius 3 is 2.15 bits per heavy atom. The fraction of sp³-hybridized carbons (Fsp3) is 0.588. The summed E-state index contributed by atoms with van der Waals surface area (Å²) < 4.78 is 0. The van der Waals surface area contributed by atoms with Crippen molar-refractivity contribution in [2.75, 3.05) is 18.4 Å². The van der Waals surface area contributed by atoms with Gasteiger partial charge in [0.05, 0.1) is 0 Å². The molecular weight excluding hydrogens is 248 g/mol. The number of hydrogen-bond donors (Lipinski definition) is 2. The Hall–Kier alpha value is -1.35. The van der Waals surface area contributed by atoms with Crippen LogP contribution in [0.25, 0.3) is 0 Å². The van der Waals surface area contributed by atoms with Gasteiger partial charge in [0.1, 0.15) is 0 Å². The summed E-state index contributed by atoms with van der Waals surface area (Å²) in [5, 5.41) is 6.80. The van der Waals surface area contributed by atoms with Gasteiger partial charge in [-0.2, -0.15) is 0 Å². The van der Waals surface area contributed by atoms with E-state index in [9.17, 15) is 4.79 Å². The monoisotopic (exact) mass is 276 g/mol. The Morgan fingerprint density at radius 2 is 1.60 bits per heavy atom. The normalized spacial score (nSPS) is 11.1. The first-order chi connectivity index (χ1) is 9.50. The number of rotatable bonds is 9. The number of ketones is 1. The van der Waals surface area contributed by atoms with E-state index < -0.39 is 0 Å². The van der Waals surface area contributed by atoms with Gasteiger partial charge in [-0.15, -0.1) is 0 Å². The largest absolute Gasteiger partial charge is 0.385 e. The van der Waals surface area contributed by atoms with E-state index in [4.69, 9.17) is 0 Å². The maximum Gasteiger partial charge on any atom is 0.165 e. The quantitative estimate of drug-likeness (QED) is 0.533. The average Bonchev–Trinajstić information content (AvgIpc) is 2.42. The van der Waals surface area contributed by atoms with Gasteiger partial charge in [0, 0.05) is 29.8 Å². The fourth-order valence-corrected chi connectivity index (χ4v) is 1.96. The number of nitrogens with one attached hydrogen (secondary N) is 2. The predicted molar refractivity (Wildman–Crippen MR) is 86.5 cm³/mol. The summed E-state index contributed by atoms with van der Waals surface area (Å²) >= 11 is 0. The molecule has 3 nitrogen and oxygen atoms in total. The van der Waals surface area contributed by atoms with Gasteiger partial charge in [0.2, 0.25) is 0 Å². The van der Waals surface area contributed by atoms with Crippen molar-refractivity contribution in [1.82, 2.24) is 5.32 Å². The number of anilines is 1. The van der Waals surface area contributed by atoms with E-state index in [1.807, 2.05) is 38.1 Å². The highest BCUT2D eigenvalue weighted by Crippen LogP contribution is 2.13. The van der Waals surface area contributed by atoms with Gasteiger partial charge in [0.15, 0.2) is 5.78 Å². The van der Waals surface area contributed by atoms with Crippen molar-refractivity contribution in [2.45, 2.75) is 46.6 Å². The van der Waals surface area contributed by atoms with Gasteiger partial charge in [-0.05, 0) is 43.7 Å². The molecule has 0 spiro atoms. The molecule has 0 saturated heterocycles. The summed E-state index contributed by atoms with van der Waals surface area (Å²) in [6.07, 6.45) is 2.32. The first-order valence-electron chi connectivity index (χ1n) is 7.62. The summed E-state index contributed by atoms with van der Waals surface area (Å²) in [7, 11) is 0. The summed E-state index contributed by atoms with van der Waals surface area (Å²) in [6, 6.07) is 8.36. The summed E-state index contributed by atoms with van der Waals surface area (Å²) in [6.45, 7) is 10.2. The molecule has 0 heterocycles.